The van der Waals surface area contributed by atoms with Crippen molar-refractivity contribution in [3.8, 4) is 0 Å². The van der Waals surface area contributed by atoms with Crippen molar-refractivity contribution in [2.24, 2.45) is 5.18 Å². The van der Waals surface area contributed by atoms with E-state index in [1.54, 1.807) is 25.1 Å². The van der Waals surface area contributed by atoms with Crippen molar-refractivity contribution in [1.82, 2.24) is 0 Å². The number of nitroso groups, excluding NO2 is 1. The predicted molar refractivity (Wildman–Crippen MR) is 41.6 cm³/mol. The van der Waals surface area contributed by atoms with Gasteiger partial charge in [0.1, 0.15) is 5.69 Å². The van der Waals surface area contributed by atoms with Crippen LogP contribution >= 0.6 is 11.6 Å². The Labute approximate surface area is 63.8 Å². The van der Waals surface area contributed by atoms with Crippen molar-refractivity contribution in [1.29, 1.82) is 0 Å². The van der Waals surface area contributed by atoms with Gasteiger partial charge in [0.2, 0.25) is 0 Å². The van der Waals surface area contributed by atoms with Gasteiger partial charge < -0.3 is 0 Å². The number of aryl methyl sites for hydroxylation is 1. The van der Waals surface area contributed by atoms with Gasteiger partial charge in [-0.1, -0.05) is 23.7 Å². The van der Waals surface area contributed by atoms with Crippen molar-refractivity contribution >= 4 is 17.3 Å². The third kappa shape index (κ3) is 1.16. The highest BCUT2D eigenvalue weighted by molar-refractivity contribution is 6.33. The first-order chi connectivity index (χ1) is 4.75. The Balaban J connectivity index is 3.30. The van der Waals surface area contributed by atoms with Crippen LogP contribution in [0, 0.1) is 11.8 Å². The Morgan fingerprint density at radius 1 is 1.50 bits per heavy atom. The van der Waals surface area contributed by atoms with Gasteiger partial charge in [0, 0.05) is 0 Å². The van der Waals surface area contributed by atoms with Gasteiger partial charge >= 0.3 is 0 Å². The van der Waals surface area contributed by atoms with E-state index >= 15 is 0 Å². The standard InChI is InChI=1S/C7H6ClNO/c1-5-3-2-4-6(8)7(5)9-10/h2-4H,1H3. The second-order valence-electron chi connectivity index (χ2n) is 2.00. The molecule has 0 spiro atoms. The Hall–Kier alpha value is -0.890. The summed E-state index contributed by atoms with van der Waals surface area (Å²) in [5.74, 6) is 0. The lowest BCUT2D eigenvalue weighted by atomic mass is 10.2. The van der Waals surface area contributed by atoms with E-state index in [2.05, 4.69) is 5.18 Å². The molecule has 0 aromatic heterocycles. The Morgan fingerprint density at radius 2 is 2.20 bits per heavy atom. The topological polar surface area (TPSA) is 29.4 Å². The molecule has 1 aromatic rings. The van der Waals surface area contributed by atoms with Crippen LogP contribution in [0.5, 0.6) is 0 Å². The molecule has 52 valence electrons. The van der Waals surface area contributed by atoms with Gasteiger partial charge in [-0.15, -0.1) is 4.91 Å². The zero-order valence-electron chi connectivity index (χ0n) is 5.47. The fourth-order valence-electron chi connectivity index (χ4n) is 0.739. The SMILES string of the molecule is Cc1cccc(Cl)c1N=O. The van der Waals surface area contributed by atoms with Gasteiger partial charge in [-0.2, -0.15) is 0 Å². The molecule has 3 heteroatoms. The molecule has 0 fully saturated rings. The van der Waals surface area contributed by atoms with Crippen LogP contribution in [0.2, 0.25) is 5.02 Å². The van der Waals surface area contributed by atoms with Crippen molar-refractivity contribution in [3.63, 3.8) is 0 Å². The van der Waals surface area contributed by atoms with E-state index in [1.165, 1.54) is 0 Å². The summed E-state index contributed by atoms with van der Waals surface area (Å²) in [6.07, 6.45) is 0. The number of halogens is 1. The molecule has 0 radical (unpaired) electrons. The number of hydrogen-bond donors (Lipinski definition) is 0. The van der Waals surface area contributed by atoms with Crippen LogP contribution in [-0.4, -0.2) is 0 Å². The second-order valence-corrected chi connectivity index (χ2v) is 2.40. The van der Waals surface area contributed by atoms with Crippen molar-refractivity contribution in [2.45, 2.75) is 6.92 Å². The second kappa shape index (κ2) is 2.80. The maximum atomic E-state index is 10.1. The Kier molecular flexibility index (Phi) is 2.02. The Morgan fingerprint density at radius 3 is 2.60 bits per heavy atom. The minimum absolute atomic E-state index is 0.337. The molecule has 2 nitrogen and oxygen atoms in total. The van der Waals surface area contributed by atoms with Crippen molar-refractivity contribution in [3.05, 3.63) is 33.7 Å². The van der Waals surface area contributed by atoms with E-state index in [1.807, 2.05) is 0 Å². The van der Waals surface area contributed by atoms with E-state index < -0.39 is 0 Å². The predicted octanol–water partition coefficient (Wildman–Crippen LogP) is 3.05. The lowest BCUT2D eigenvalue weighted by Crippen LogP contribution is -1.72. The highest BCUT2D eigenvalue weighted by Gasteiger charge is 2.01. The molecule has 1 rings (SSSR count). The molecular formula is C7H6ClNO. The summed E-state index contributed by atoms with van der Waals surface area (Å²) in [6.45, 7) is 1.79. The molecule has 0 atom stereocenters. The Bertz CT molecular complexity index is 240. The van der Waals surface area contributed by atoms with Crippen LogP contribution in [0.4, 0.5) is 5.69 Å². The summed E-state index contributed by atoms with van der Waals surface area (Å²) in [4.78, 5) is 10.1. The third-order valence-corrected chi connectivity index (χ3v) is 1.58. The molecule has 0 aliphatic rings. The molecule has 0 unspecified atom stereocenters. The summed E-state index contributed by atoms with van der Waals surface area (Å²) < 4.78 is 0. The molecule has 1 aromatic carbocycles. The largest absolute Gasteiger partial charge is 0.145 e. The van der Waals surface area contributed by atoms with Crippen LogP contribution < -0.4 is 0 Å². The number of nitrogens with zero attached hydrogens (tertiary/aromatic N) is 1. The molecule has 0 aliphatic carbocycles. The van der Waals surface area contributed by atoms with E-state index in [-0.39, 0.29) is 0 Å². The molecule has 0 bridgehead atoms. The summed E-state index contributed by atoms with van der Waals surface area (Å²) >= 11 is 5.64. The maximum absolute atomic E-state index is 10.1. The lowest BCUT2D eigenvalue weighted by Gasteiger charge is -1.96. The van der Waals surface area contributed by atoms with Crippen LogP contribution in [0.3, 0.4) is 0 Å². The van der Waals surface area contributed by atoms with E-state index in [0.717, 1.165) is 5.56 Å². The smallest absolute Gasteiger partial charge is 0.129 e. The molecule has 0 aliphatic heterocycles. The zero-order chi connectivity index (χ0) is 7.56. The monoisotopic (exact) mass is 155 g/mol. The fraction of sp³-hybridized carbons (Fsp3) is 0.143. The van der Waals surface area contributed by atoms with Gasteiger partial charge in [-0.25, -0.2) is 0 Å². The average Bonchev–Trinajstić information content (AvgIpc) is 1.88. The van der Waals surface area contributed by atoms with Crippen LogP contribution in [0.25, 0.3) is 0 Å². The summed E-state index contributed by atoms with van der Waals surface area (Å²) in [6, 6.07) is 5.22. The van der Waals surface area contributed by atoms with Gasteiger partial charge in [-0.3, -0.25) is 0 Å². The number of benzene rings is 1. The first-order valence-electron chi connectivity index (χ1n) is 2.84. The first-order valence-corrected chi connectivity index (χ1v) is 3.22. The fourth-order valence-corrected chi connectivity index (χ4v) is 0.995. The molecule has 10 heavy (non-hydrogen) atoms. The number of rotatable bonds is 1. The van der Waals surface area contributed by atoms with Crippen molar-refractivity contribution in [2.75, 3.05) is 0 Å². The van der Waals surface area contributed by atoms with E-state index in [9.17, 15) is 4.91 Å². The minimum Gasteiger partial charge on any atom is -0.145 e. The lowest BCUT2D eigenvalue weighted by molar-refractivity contribution is 1.39. The van der Waals surface area contributed by atoms with Gasteiger partial charge in [0.15, 0.2) is 0 Å². The molecular weight excluding hydrogens is 150 g/mol. The minimum atomic E-state index is 0.337. The summed E-state index contributed by atoms with van der Waals surface area (Å²) in [5, 5.41) is 3.20. The average molecular weight is 156 g/mol. The zero-order valence-corrected chi connectivity index (χ0v) is 6.22. The normalized spacial score (nSPS) is 9.40. The van der Waals surface area contributed by atoms with Crippen LogP contribution in [-0.2, 0) is 0 Å². The maximum Gasteiger partial charge on any atom is 0.129 e. The molecule has 0 N–H and O–H groups in total. The third-order valence-electron chi connectivity index (χ3n) is 1.28. The van der Waals surface area contributed by atoms with Gasteiger partial charge in [0.25, 0.3) is 0 Å². The molecule has 0 saturated heterocycles. The highest BCUT2D eigenvalue weighted by Crippen LogP contribution is 2.27. The quantitative estimate of drug-likeness (QED) is 0.573. The van der Waals surface area contributed by atoms with Crippen molar-refractivity contribution < 1.29 is 0 Å². The summed E-state index contributed by atoms with van der Waals surface area (Å²) in [7, 11) is 0. The highest BCUT2D eigenvalue weighted by atomic mass is 35.5. The molecule has 0 heterocycles. The molecule has 0 saturated carbocycles. The van der Waals surface area contributed by atoms with Gasteiger partial charge in [-0.05, 0) is 23.7 Å². The van der Waals surface area contributed by atoms with Crippen LogP contribution in [0.1, 0.15) is 5.56 Å². The van der Waals surface area contributed by atoms with Crippen LogP contribution in [0.15, 0.2) is 23.4 Å². The number of hydrogen-bond acceptors (Lipinski definition) is 2. The summed E-state index contributed by atoms with van der Waals surface area (Å²) in [5.41, 5.74) is 1.15. The first kappa shape index (κ1) is 7.22. The molecule has 0 amide bonds. The van der Waals surface area contributed by atoms with E-state index in [0.29, 0.717) is 10.7 Å². The van der Waals surface area contributed by atoms with Gasteiger partial charge in [0.05, 0.1) is 5.02 Å². The van der Waals surface area contributed by atoms with E-state index in [4.69, 9.17) is 11.6 Å².